The second-order valence-corrected chi connectivity index (χ2v) is 7.63. The highest BCUT2D eigenvalue weighted by Crippen LogP contribution is 2.38. The normalized spacial score (nSPS) is 12.4. The first-order valence-electron chi connectivity index (χ1n) is 10.7. The fourth-order valence-corrected chi connectivity index (χ4v) is 3.30. The molecule has 4 rings (SSSR count). The Morgan fingerprint density at radius 3 is 2.40 bits per heavy atom. The molecule has 1 fully saturated rings. The van der Waals surface area contributed by atoms with Gasteiger partial charge < -0.3 is 25.4 Å². The predicted octanol–water partition coefficient (Wildman–Crippen LogP) is 2.18. The number of para-hydroxylation sites is 1. The summed E-state index contributed by atoms with van der Waals surface area (Å²) in [6.45, 7) is 0. The fourth-order valence-electron chi connectivity index (χ4n) is 3.30. The molecule has 180 valence electrons. The molecule has 1 aliphatic rings. The van der Waals surface area contributed by atoms with Crippen molar-refractivity contribution in [2.45, 2.75) is 12.8 Å². The molecule has 2 amide bonds. The maximum Gasteiger partial charge on any atom is 0.376 e. The van der Waals surface area contributed by atoms with E-state index in [-0.39, 0.29) is 29.2 Å². The van der Waals surface area contributed by atoms with Crippen molar-refractivity contribution in [2.75, 3.05) is 31.9 Å². The zero-order valence-corrected chi connectivity index (χ0v) is 19.3. The first kappa shape index (κ1) is 23.5. The van der Waals surface area contributed by atoms with E-state index in [9.17, 15) is 14.4 Å². The molecule has 0 spiro atoms. The number of hydrogen-bond donors (Lipinski definition) is 3. The Morgan fingerprint density at radius 1 is 1.03 bits per heavy atom. The van der Waals surface area contributed by atoms with E-state index in [0.717, 1.165) is 12.8 Å². The molecule has 1 saturated carbocycles. The van der Waals surface area contributed by atoms with Gasteiger partial charge in [-0.1, -0.05) is 12.1 Å². The molecule has 2 heterocycles. The zero-order chi connectivity index (χ0) is 24.9. The quantitative estimate of drug-likeness (QED) is 0.411. The Hall–Kier alpha value is -4.61. The van der Waals surface area contributed by atoms with Gasteiger partial charge in [0.1, 0.15) is 5.75 Å². The Morgan fingerprint density at radius 2 is 1.77 bits per heavy atom. The van der Waals surface area contributed by atoms with E-state index in [1.165, 1.54) is 39.7 Å². The van der Waals surface area contributed by atoms with Crippen molar-refractivity contribution < 1.29 is 23.9 Å². The van der Waals surface area contributed by atoms with Crippen LogP contribution in [0.5, 0.6) is 5.75 Å². The van der Waals surface area contributed by atoms with E-state index in [1.54, 1.807) is 18.2 Å². The molecule has 0 radical (unpaired) electrons. The number of rotatable bonds is 8. The molecule has 12 heteroatoms. The van der Waals surface area contributed by atoms with Gasteiger partial charge in [-0.3, -0.25) is 9.59 Å². The lowest BCUT2D eigenvalue weighted by Gasteiger charge is -2.17. The minimum absolute atomic E-state index is 0.0172. The molecule has 0 aliphatic heterocycles. The van der Waals surface area contributed by atoms with Gasteiger partial charge in [0.05, 0.1) is 25.6 Å². The lowest BCUT2D eigenvalue weighted by atomic mass is 10.1. The predicted molar refractivity (Wildman–Crippen MR) is 125 cm³/mol. The van der Waals surface area contributed by atoms with Gasteiger partial charge in [-0.05, 0) is 18.9 Å². The van der Waals surface area contributed by atoms with E-state index in [4.69, 9.17) is 4.74 Å². The number of anilines is 3. The number of nitrogens with one attached hydrogen (secondary N) is 3. The van der Waals surface area contributed by atoms with Gasteiger partial charge in [0, 0.05) is 42.6 Å². The van der Waals surface area contributed by atoms with E-state index >= 15 is 0 Å². The molecule has 0 atom stereocenters. The van der Waals surface area contributed by atoms with Gasteiger partial charge in [0.2, 0.25) is 11.7 Å². The Kier molecular flexibility index (Phi) is 6.81. The van der Waals surface area contributed by atoms with Crippen LogP contribution in [-0.2, 0) is 9.53 Å². The van der Waals surface area contributed by atoms with Crippen molar-refractivity contribution in [3.8, 4) is 16.9 Å². The Balaban J connectivity index is 1.69. The average Bonchev–Trinajstić information content (AvgIpc) is 3.74. The number of hydrogen-bond acceptors (Lipinski definition) is 10. The summed E-state index contributed by atoms with van der Waals surface area (Å²) in [5.74, 6) is -0.658. The third kappa shape index (κ3) is 5.16. The van der Waals surface area contributed by atoms with Crippen LogP contribution in [0.15, 0.2) is 36.7 Å². The molecule has 3 N–H and O–H groups in total. The van der Waals surface area contributed by atoms with Crippen molar-refractivity contribution in [2.24, 2.45) is 5.92 Å². The molecule has 35 heavy (non-hydrogen) atoms. The standard InChI is InChI=1S/C23H23N7O5/c1-24-22(32)18-16(9-17(29-30-18)28-21(31)12-7-8-12)27-15-6-4-5-14(19(15)34-2)13-10-25-20(26-11-13)23(33)35-3/h4-6,9-12H,7-8H2,1-3H3,(H,24,32)(H2,27,28,29,31). The summed E-state index contributed by atoms with van der Waals surface area (Å²) < 4.78 is 10.3. The fraction of sp³-hybridized carbons (Fsp3) is 0.261. The van der Waals surface area contributed by atoms with Crippen molar-refractivity contribution in [1.82, 2.24) is 25.5 Å². The van der Waals surface area contributed by atoms with Crippen LogP contribution in [-0.4, -0.2) is 59.2 Å². The number of nitrogens with zero attached hydrogens (tertiary/aromatic N) is 4. The number of carbonyl (C=O) groups excluding carboxylic acids is 3. The second kappa shape index (κ2) is 10.1. The van der Waals surface area contributed by atoms with Crippen molar-refractivity contribution in [1.29, 1.82) is 0 Å². The molecule has 0 bridgehead atoms. The van der Waals surface area contributed by atoms with Crippen LogP contribution in [0.4, 0.5) is 17.2 Å². The Labute approximate surface area is 200 Å². The van der Waals surface area contributed by atoms with Crippen LogP contribution in [0.1, 0.15) is 33.9 Å². The van der Waals surface area contributed by atoms with Gasteiger partial charge >= 0.3 is 5.97 Å². The highest BCUT2D eigenvalue weighted by molar-refractivity contribution is 6.00. The molecular formula is C23H23N7O5. The lowest BCUT2D eigenvalue weighted by molar-refractivity contribution is -0.117. The van der Waals surface area contributed by atoms with Gasteiger partial charge in [-0.2, -0.15) is 0 Å². The second-order valence-electron chi connectivity index (χ2n) is 7.63. The largest absolute Gasteiger partial charge is 0.494 e. The van der Waals surface area contributed by atoms with E-state index < -0.39 is 11.9 Å². The van der Waals surface area contributed by atoms with Crippen LogP contribution in [0.2, 0.25) is 0 Å². The highest BCUT2D eigenvalue weighted by atomic mass is 16.5. The summed E-state index contributed by atoms with van der Waals surface area (Å²) in [6.07, 6.45) is 4.65. The maximum atomic E-state index is 12.4. The number of ether oxygens (including phenoxy) is 2. The first-order valence-corrected chi connectivity index (χ1v) is 10.7. The van der Waals surface area contributed by atoms with Gasteiger partial charge in [-0.25, -0.2) is 14.8 Å². The van der Waals surface area contributed by atoms with E-state index in [2.05, 4.69) is 40.9 Å². The SMILES string of the molecule is CNC(=O)c1nnc(NC(=O)C2CC2)cc1Nc1cccc(-c2cnc(C(=O)OC)nc2)c1OC. The van der Waals surface area contributed by atoms with Gasteiger partial charge in [-0.15, -0.1) is 10.2 Å². The van der Waals surface area contributed by atoms with Crippen LogP contribution in [0.3, 0.4) is 0 Å². The molecule has 2 aromatic heterocycles. The summed E-state index contributed by atoms with van der Waals surface area (Å²) in [4.78, 5) is 44.3. The highest BCUT2D eigenvalue weighted by Gasteiger charge is 2.30. The van der Waals surface area contributed by atoms with Crippen LogP contribution >= 0.6 is 0 Å². The summed E-state index contributed by atoms with van der Waals surface area (Å²) in [5.41, 5.74) is 2.10. The zero-order valence-electron chi connectivity index (χ0n) is 19.3. The first-order chi connectivity index (χ1) is 16.9. The smallest absolute Gasteiger partial charge is 0.376 e. The van der Waals surface area contributed by atoms with Crippen molar-refractivity contribution in [3.63, 3.8) is 0 Å². The number of amides is 2. The number of methoxy groups -OCH3 is 2. The number of benzene rings is 1. The summed E-state index contributed by atoms with van der Waals surface area (Å²) in [7, 11) is 4.23. The lowest BCUT2D eigenvalue weighted by Crippen LogP contribution is -2.22. The van der Waals surface area contributed by atoms with E-state index in [0.29, 0.717) is 28.3 Å². The topological polar surface area (TPSA) is 157 Å². The number of aromatic nitrogens is 4. The van der Waals surface area contributed by atoms with Crippen LogP contribution < -0.4 is 20.7 Å². The Bertz CT molecular complexity index is 1280. The van der Waals surface area contributed by atoms with Crippen LogP contribution in [0.25, 0.3) is 11.1 Å². The van der Waals surface area contributed by atoms with E-state index in [1.807, 2.05) is 0 Å². The van der Waals surface area contributed by atoms with Crippen LogP contribution in [0, 0.1) is 5.92 Å². The van der Waals surface area contributed by atoms with Gasteiger partial charge in [0.25, 0.3) is 5.91 Å². The summed E-state index contributed by atoms with van der Waals surface area (Å²) in [6, 6.07) is 6.87. The minimum atomic E-state index is -0.643. The third-order valence-electron chi connectivity index (χ3n) is 5.25. The minimum Gasteiger partial charge on any atom is -0.494 e. The summed E-state index contributed by atoms with van der Waals surface area (Å²) in [5, 5.41) is 16.4. The molecule has 1 aromatic carbocycles. The average molecular weight is 477 g/mol. The summed E-state index contributed by atoms with van der Waals surface area (Å²) >= 11 is 0. The molecule has 3 aromatic rings. The van der Waals surface area contributed by atoms with Crippen molar-refractivity contribution in [3.05, 3.63) is 48.2 Å². The molecular weight excluding hydrogens is 454 g/mol. The number of esters is 1. The van der Waals surface area contributed by atoms with Gasteiger partial charge in [0.15, 0.2) is 11.5 Å². The maximum absolute atomic E-state index is 12.4. The molecule has 0 unspecified atom stereocenters. The number of carbonyl (C=O) groups is 3. The third-order valence-corrected chi connectivity index (χ3v) is 5.25. The molecule has 0 saturated heterocycles. The monoisotopic (exact) mass is 477 g/mol. The molecule has 1 aliphatic carbocycles. The van der Waals surface area contributed by atoms with Crippen molar-refractivity contribution >= 4 is 35.0 Å². The molecule has 12 nitrogen and oxygen atoms in total.